The van der Waals surface area contributed by atoms with Gasteiger partial charge in [-0.2, -0.15) is 0 Å². The monoisotopic (exact) mass is 405 g/mol. The summed E-state index contributed by atoms with van der Waals surface area (Å²) in [6.07, 6.45) is 6.01. The first-order chi connectivity index (χ1) is 10.1. The van der Waals surface area contributed by atoms with Crippen LogP contribution in [0.2, 0.25) is 10.0 Å². The molecule has 1 amide bonds. The molecular formula is C14H23Cl4N3O2. The van der Waals surface area contributed by atoms with Gasteiger partial charge in [0.2, 0.25) is 11.8 Å². The van der Waals surface area contributed by atoms with Crippen molar-refractivity contribution in [2.24, 2.45) is 5.73 Å². The first kappa shape index (κ1) is 24.8. The standard InChI is InChI=1S/C14H21Cl2N3O2.2ClH/c15-11-9-12(16)14(19-10-11)21-8-7-18-13(20)5-3-1-2-4-6-17;;/h9-10H,1-8,17H2,(H,18,20);2*1H. The average Bonchev–Trinajstić information content (AvgIpc) is 2.45. The van der Waals surface area contributed by atoms with Crippen molar-refractivity contribution >= 4 is 53.9 Å². The second-order valence-corrected chi connectivity index (χ2v) is 5.44. The van der Waals surface area contributed by atoms with Gasteiger partial charge in [-0.25, -0.2) is 4.98 Å². The van der Waals surface area contributed by atoms with E-state index in [9.17, 15) is 4.79 Å². The number of carbonyl (C=O) groups is 1. The summed E-state index contributed by atoms with van der Waals surface area (Å²) in [6, 6.07) is 1.56. The van der Waals surface area contributed by atoms with Gasteiger partial charge < -0.3 is 15.8 Å². The number of carbonyl (C=O) groups excluding carboxylic acids is 1. The molecule has 0 unspecified atom stereocenters. The lowest BCUT2D eigenvalue weighted by Gasteiger charge is -2.08. The largest absolute Gasteiger partial charge is 0.475 e. The SMILES string of the molecule is Cl.Cl.NCCCCCCC(=O)NCCOc1ncc(Cl)cc1Cl. The maximum Gasteiger partial charge on any atom is 0.232 e. The lowest BCUT2D eigenvalue weighted by Crippen LogP contribution is -2.27. The molecule has 5 nitrogen and oxygen atoms in total. The summed E-state index contributed by atoms with van der Waals surface area (Å²) in [5.74, 6) is 0.346. The van der Waals surface area contributed by atoms with Gasteiger partial charge in [0.1, 0.15) is 11.6 Å². The van der Waals surface area contributed by atoms with E-state index in [2.05, 4.69) is 10.3 Å². The number of halogens is 4. The van der Waals surface area contributed by atoms with Gasteiger partial charge >= 0.3 is 0 Å². The third-order valence-electron chi connectivity index (χ3n) is 2.80. The van der Waals surface area contributed by atoms with Crippen LogP contribution in [0.15, 0.2) is 12.3 Å². The molecule has 0 aliphatic carbocycles. The van der Waals surface area contributed by atoms with Gasteiger partial charge in [0.15, 0.2) is 0 Å². The van der Waals surface area contributed by atoms with Crippen LogP contribution in [-0.2, 0) is 4.79 Å². The Labute approximate surface area is 159 Å². The van der Waals surface area contributed by atoms with E-state index in [1.165, 1.54) is 6.20 Å². The van der Waals surface area contributed by atoms with Crippen molar-refractivity contribution in [3.05, 3.63) is 22.3 Å². The molecule has 0 spiro atoms. The fourth-order valence-electron chi connectivity index (χ4n) is 1.72. The number of hydrogen-bond donors (Lipinski definition) is 2. The van der Waals surface area contributed by atoms with Crippen molar-refractivity contribution < 1.29 is 9.53 Å². The summed E-state index contributed by atoms with van der Waals surface area (Å²) in [5.41, 5.74) is 5.40. The zero-order valence-electron chi connectivity index (χ0n) is 12.7. The quantitative estimate of drug-likeness (QED) is 0.581. The molecule has 9 heteroatoms. The summed E-state index contributed by atoms with van der Waals surface area (Å²) >= 11 is 11.6. The van der Waals surface area contributed by atoms with E-state index >= 15 is 0 Å². The first-order valence-electron chi connectivity index (χ1n) is 7.04. The third kappa shape index (κ3) is 11.7. The van der Waals surface area contributed by atoms with Crippen LogP contribution in [0.4, 0.5) is 0 Å². The van der Waals surface area contributed by atoms with E-state index in [0.717, 1.165) is 25.7 Å². The fraction of sp³-hybridized carbons (Fsp3) is 0.571. The van der Waals surface area contributed by atoms with Crippen molar-refractivity contribution in [3.63, 3.8) is 0 Å². The molecule has 0 saturated carbocycles. The molecular weight excluding hydrogens is 384 g/mol. The minimum absolute atomic E-state index is 0. The number of amides is 1. The summed E-state index contributed by atoms with van der Waals surface area (Å²) in [7, 11) is 0. The smallest absolute Gasteiger partial charge is 0.232 e. The number of ether oxygens (including phenoxy) is 1. The van der Waals surface area contributed by atoms with Crippen LogP contribution in [-0.4, -0.2) is 30.6 Å². The molecule has 3 N–H and O–H groups in total. The van der Waals surface area contributed by atoms with Gasteiger partial charge in [0, 0.05) is 12.6 Å². The molecule has 0 atom stereocenters. The van der Waals surface area contributed by atoms with Gasteiger partial charge in [-0.05, 0) is 25.5 Å². The van der Waals surface area contributed by atoms with E-state index in [1.54, 1.807) is 6.07 Å². The van der Waals surface area contributed by atoms with Gasteiger partial charge in [-0.3, -0.25) is 4.79 Å². The molecule has 1 aromatic heterocycles. The molecule has 1 rings (SSSR count). The summed E-state index contributed by atoms with van der Waals surface area (Å²) in [6.45, 7) is 1.44. The Hall–Kier alpha value is -0.460. The van der Waals surface area contributed by atoms with Crippen molar-refractivity contribution in [2.75, 3.05) is 19.7 Å². The minimum atomic E-state index is 0. The maximum atomic E-state index is 11.5. The number of nitrogens with one attached hydrogen (secondary N) is 1. The number of pyridine rings is 1. The number of unbranched alkanes of at least 4 members (excludes halogenated alkanes) is 3. The van der Waals surface area contributed by atoms with Gasteiger partial charge in [-0.15, -0.1) is 24.8 Å². The number of rotatable bonds is 10. The maximum absolute atomic E-state index is 11.5. The molecule has 0 radical (unpaired) electrons. The lowest BCUT2D eigenvalue weighted by atomic mass is 10.1. The molecule has 0 bridgehead atoms. The van der Waals surface area contributed by atoms with E-state index in [0.29, 0.717) is 42.0 Å². The number of nitrogens with zero attached hydrogens (tertiary/aromatic N) is 1. The normalized spacial score (nSPS) is 9.52. The van der Waals surface area contributed by atoms with Gasteiger partial charge in [0.25, 0.3) is 0 Å². The van der Waals surface area contributed by atoms with E-state index in [1.807, 2.05) is 0 Å². The van der Waals surface area contributed by atoms with Crippen LogP contribution >= 0.6 is 48.0 Å². The second kappa shape index (κ2) is 15.1. The van der Waals surface area contributed by atoms with Crippen molar-refractivity contribution in [1.82, 2.24) is 10.3 Å². The van der Waals surface area contributed by atoms with Crippen molar-refractivity contribution in [1.29, 1.82) is 0 Å². The van der Waals surface area contributed by atoms with Crippen LogP contribution in [0.3, 0.4) is 0 Å². The van der Waals surface area contributed by atoms with Crippen LogP contribution in [0.1, 0.15) is 32.1 Å². The predicted octanol–water partition coefficient (Wildman–Crippen LogP) is 3.64. The molecule has 0 aliphatic heterocycles. The van der Waals surface area contributed by atoms with E-state index in [-0.39, 0.29) is 30.7 Å². The Morgan fingerprint density at radius 2 is 1.91 bits per heavy atom. The minimum Gasteiger partial charge on any atom is -0.475 e. The van der Waals surface area contributed by atoms with Gasteiger partial charge in [0.05, 0.1) is 11.6 Å². The average molecular weight is 407 g/mol. The Morgan fingerprint density at radius 3 is 2.57 bits per heavy atom. The first-order valence-corrected chi connectivity index (χ1v) is 7.79. The van der Waals surface area contributed by atoms with Crippen molar-refractivity contribution in [2.45, 2.75) is 32.1 Å². The molecule has 0 aliphatic rings. The van der Waals surface area contributed by atoms with Crippen LogP contribution in [0.5, 0.6) is 5.88 Å². The van der Waals surface area contributed by atoms with E-state index < -0.39 is 0 Å². The highest BCUT2D eigenvalue weighted by Gasteiger charge is 2.05. The molecule has 1 heterocycles. The molecule has 0 fully saturated rings. The molecule has 134 valence electrons. The number of nitrogens with two attached hydrogens (primary N) is 1. The zero-order valence-corrected chi connectivity index (χ0v) is 15.9. The van der Waals surface area contributed by atoms with E-state index in [4.69, 9.17) is 33.7 Å². The highest BCUT2D eigenvalue weighted by molar-refractivity contribution is 6.35. The predicted molar refractivity (Wildman–Crippen MR) is 99.4 cm³/mol. The summed E-state index contributed by atoms with van der Waals surface area (Å²) < 4.78 is 5.37. The Morgan fingerprint density at radius 1 is 1.22 bits per heavy atom. The Balaban J connectivity index is 0. The molecule has 0 aromatic carbocycles. The Kier molecular flexibility index (Phi) is 16.3. The van der Waals surface area contributed by atoms with Crippen molar-refractivity contribution in [3.8, 4) is 5.88 Å². The van der Waals surface area contributed by atoms with Crippen LogP contribution < -0.4 is 15.8 Å². The van der Waals surface area contributed by atoms with Crippen LogP contribution in [0.25, 0.3) is 0 Å². The summed E-state index contributed by atoms with van der Waals surface area (Å²) in [4.78, 5) is 15.5. The molecule has 0 saturated heterocycles. The molecule has 1 aromatic rings. The van der Waals surface area contributed by atoms with Gasteiger partial charge in [-0.1, -0.05) is 36.0 Å². The number of hydrogen-bond acceptors (Lipinski definition) is 4. The highest BCUT2D eigenvalue weighted by Crippen LogP contribution is 2.24. The number of aromatic nitrogens is 1. The fourth-order valence-corrected chi connectivity index (χ4v) is 2.15. The molecule has 23 heavy (non-hydrogen) atoms. The second-order valence-electron chi connectivity index (χ2n) is 4.59. The third-order valence-corrected chi connectivity index (χ3v) is 3.27. The lowest BCUT2D eigenvalue weighted by molar-refractivity contribution is -0.121. The zero-order chi connectivity index (χ0) is 15.5. The Bertz CT molecular complexity index is 450. The summed E-state index contributed by atoms with van der Waals surface area (Å²) in [5, 5.41) is 3.60. The van der Waals surface area contributed by atoms with Crippen LogP contribution in [0, 0.1) is 0 Å². The highest BCUT2D eigenvalue weighted by atomic mass is 35.5. The topological polar surface area (TPSA) is 77.2 Å².